The Labute approximate surface area is 111 Å². The molecule has 0 saturated heterocycles. The molecule has 19 heavy (non-hydrogen) atoms. The first-order valence-corrected chi connectivity index (χ1v) is 6.42. The number of ether oxygens (including phenoxy) is 1. The number of nitrogens with one attached hydrogen (secondary N) is 1. The molecule has 0 aromatic carbocycles. The van der Waals surface area contributed by atoms with Crippen LogP contribution in [0.15, 0.2) is 30.6 Å². The Morgan fingerprint density at radius 2 is 2.26 bits per heavy atom. The standard InChI is InChI=1S/C13H16N4O2/c18-13(14-4-8-16-5-1-2-6-16)11-10-12-17(15-11)7-3-9-19-12/h1-2,5-6,10H,3-4,7-9H2,(H,14,18). The van der Waals surface area contributed by atoms with E-state index in [2.05, 4.69) is 10.4 Å². The zero-order chi connectivity index (χ0) is 13.1. The van der Waals surface area contributed by atoms with E-state index in [4.69, 9.17) is 4.74 Å². The molecule has 3 heterocycles. The Morgan fingerprint density at radius 1 is 1.42 bits per heavy atom. The maximum atomic E-state index is 11.9. The van der Waals surface area contributed by atoms with E-state index < -0.39 is 0 Å². The lowest BCUT2D eigenvalue weighted by Gasteiger charge is -2.13. The van der Waals surface area contributed by atoms with E-state index in [0.29, 0.717) is 24.7 Å². The molecular formula is C13H16N4O2. The summed E-state index contributed by atoms with van der Waals surface area (Å²) in [6, 6.07) is 5.62. The molecule has 0 fully saturated rings. The predicted molar refractivity (Wildman–Crippen MR) is 69.1 cm³/mol. The normalized spacial score (nSPS) is 13.7. The molecule has 6 heteroatoms. The van der Waals surface area contributed by atoms with Gasteiger partial charge in [0.15, 0.2) is 5.69 Å². The monoisotopic (exact) mass is 260 g/mol. The molecule has 1 N–H and O–H groups in total. The van der Waals surface area contributed by atoms with Gasteiger partial charge in [0.2, 0.25) is 5.88 Å². The molecule has 0 spiro atoms. The van der Waals surface area contributed by atoms with Crippen molar-refractivity contribution in [2.24, 2.45) is 0 Å². The highest BCUT2D eigenvalue weighted by Crippen LogP contribution is 2.18. The number of fused-ring (bicyclic) bond motifs is 1. The molecular weight excluding hydrogens is 244 g/mol. The third-order valence-corrected chi connectivity index (χ3v) is 3.06. The number of aryl methyl sites for hydroxylation is 1. The first kappa shape index (κ1) is 11.8. The fourth-order valence-electron chi connectivity index (χ4n) is 2.09. The van der Waals surface area contributed by atoms with Crippen LogP contribution in [0.4, 0.5) is 0 Å². The molecule has 0 aliphatic carbocycles. The van der Waals surface area contributed by atoms with Crippen molar-refractivity contribution in [3.63, 3.8) is 0 Å². The van der Waals surface area contributed by atoms with Gasteiger partial charge in [-0.15, -0.1) is 0 Å². The Kier molecular flexibility index (Phi) is 3.22. The van der Waals surface area contributed by atoms with Gasteiger partial charge in [0.25, 0.3) is 5.91 Å². The van der Waals surface area contributed by atoms with Crippen LogP contribution in [0.25, 0.3) is 0 Å². The Hall–Kier alpha value is -2.24. The Morgan fingerprint density at radius 3 is 3.05 bits per heavy atom. The van der Waals surface area contributed by atoms with Crippen LogP contribution in [0, 0.1) is 0 Å². The number of aromatic nitrogens is 3. The lowest BCUT2D eigenvalue weighted by atomic mass is 10.4. The first-order valence-electron chi connectivity index (χ1n) is 6.42. The summed E-state index contributed by atoms with van der Waals surface area (Å²) in [5.74, 6) is 0.527. The third kappa shape index (κ3) is 2.62. The minimum Gasteiger partial charge on any atom is -0.478 e. The summed E-state index contributed by atoms with van der Waals surface area (Å²) < 4.78 is 9.19. The highest BCUT2D eigenvalue weighted by molar-refractivity contribution is 5.92. The molecule has 0 atom stereocenters. The largest absolute Gasteiger partial charge is 0.478 e. The molecule has 2 aromatic rings. The van der Waals surface area contributed by atoms with Crippen molar-refractivity contribution in [3.8, 4) is 5.88 Å². The molecule has 100 valence electrons. The van der Waals surface area contributed by atoms with Gasteiger partial charge in [-0.05, 0) is 12.1 Å². The van der Waals surface area contributed by atoms with Crippen LogP contribution in [0.2, 0.25) is 0 Å². The van der Waals surface area contributed by atoms with E-state index in [1.165, 1.54) is 0 Å². The highest BCUT2D eigenvalue weighted by atomic mass is 16.5. The summed E-state index contributed by atoms with van der Waals surface area (Å²) in [6.07, 6.45) is 4.87. The number of hydrogen-bond donors (Lipinski definition) is 1. The van der Waals surface area contributed by atoms with Gasteiger partial charge in [-0.25, -0.2) is 4.68 Å². The molecule has 6 nitrogen and oxygen atoms in total. The lowest BCUT2D eigenvalue weighted by molar-refractivity contribution is 0.0946. The van der Waals surface area contributed by atoms with Gasteiger partial charge in [0.1, 0.15) is 0 Å². The van der Waals surface area contributed by atoms with Crippen molar-refractivity contribution in [2.45, 2.75) is 19.5 Å². The molecule has 0 unspecified atom stereocenters. The van der Waals surface area contributed by atoms with Gasteiger partial charge in [-0.3, -0.25) is 4.79 Å². The van der Waals surface area contributed by atoms with Gasteiger partial charge in [-0.2, -0.15) is 5.10 Å². The predicted octanol–water partition coefficient (Wildman–Crippen LogP) is 0.897. The zero-order valence-corrected chi connectivity index (χ0v) is 10.6. The second-order valence-electron chi connectivity index (χ2n) is 4.47. The van der Waals surface area contributed by atoms with Crippen molar-refractivity contribution < 1.29 is 9.53 Å². The number of hydrogen-bond acceptors (Lipinski definition) is 3. The molecule has 0 radical (unpaired) electrons. The smallest absolute Gasteiger partial charge is 0.271 e. The third-order valence-electron chi connectivity index (χ3n) is 3.06. The molecule has 1 aliphatic rings. The first-order chi connectivity index (χ1) is 9.33. The SMILES string of the molecule is O=C(NCCn1cccc1)c1cc2n(n1)CCCO2. The average Bonchev–Trinajstić information content (AvgIpc) is 3.07. The van der Waals surface area contributed by atoms with E-state index in [1.54, 1.807) is 10.7 Å². The van der Waals surface area contributed by atoms with Crippen LogP contribution < -0.4 is 10.1 Å². The summed E-state index contributed by atoms with van der Waals surface area (Å²) in [6.45, 7) is 2.84. The van der Waals surface area contributed by atoms with Crippen molar-refractivity contribution in [3.05, 3.63) is 36.3 Å². The van der Waals surface area contributed by atoms with Crippen LogP contribution in [-0.2, 0) is 13.1 Å². The van der Waals surface area contributed by atoms with Gasteiger partial charge in [-0.1, -0.05) is 0 Å². The summed E-state index contributed by atoms with van der Waals surface area (Å²) >= 11 is 0. The summed E-state index contributed by atoms with van der Waals surface area (Å²) in [5, 5.41) is 7.09. The molecule has 0 bridgehead atoms. The van der Waals surface area contributed by atoms with Crippen molar-refractivity contribution in [1.82, 2.24) is 19.7 Å². The van der Waals surface area contributed by atoms with Gasteiger partial charge < -0.3 is 14.6 Å². The maximum Gasteiger partial charge on any atom is 0.271 e. The lowest BCUT2D eigenvalue weighted by Crippen LogP contribution is -2.27. The minimum absolute atomic E-state index is 0.155. The maximum absolute atomic E-state index is 11.9. The molecule has 1 aliphatic heterocycles. The number of amides is 1. The Bertz CT molecular complexity index is 536. The molecule has 3 rings (SSSR count). The number of carbonyl (C=O) groups excluding carboxylic acids is 1. The van der Waals surface area contributed by atoms with Crippen LogP contribution in [-0.4, -0.2) is 33.4 Å². The fraction of sp³-hybridized carbons (Fsp3) is 0.385. The highest BCUT2D eigenvalue weighted by Gasteiger charge is 2.17. The fourth-order valence-corrected chi connectivity index (χ4v) is 2.09. The van der Waals surface area contributed by atoms with Crippen LogP contribution in [0.1, 0.15) is 16.9 Å². The molecule has 0 saturated carbocycles. The second-order valence-corrected chi connectivity index (χ2v) is 4.47. The van der Waals surface area contributed by atoms with Crippen LogP contribution in [0.3, 0.4) is 0 Å². The number of carbonyl (C=O) groups is 1. The second kappa shape index (κ2) is 5.17. The van der Waals surface area contributed by atoms with Crippen LogP contribution in [0.5, 0.6) is 5.88 Å². The van der Waals surface area contributed by atoms with E-state index in [1.807, 2.05) is 29.1 Å². The van der Waals surface area contributed by atoms with Crippen LogP contribution >= 0.6 is 0 Å². The van der Waals surface area contributed by atoms with Crippen molar-refractivity contribution in [1.29, 1.82) is 0 Å². The van der Waals surface area contributed by atoms with E-state index >= 15 is 0 Å². The zero-order valence-electron chi connectivity index (χ0n) is 10.6. The molecule has 2 aromatic heterocycles. The van der Waals surface area contributed by atoms with E-state index in [0.717, 1.165) is 19.5 Å². The van der Waals surface area contributed by atoms with Gasteiger partial charge in [0.05, 0.1) is 6.61 Å². The van der Waals surface area contributed by atoms with E-state index in [-0.39, 0.29) is 5.91 Å². The van der Waals surface area contributed by atoms with E-state index in [9.17, 15) is 4.79 Å². The summed E-state index contributed by atoms with van der Waals surface area (Å²) in [7, 11) is 0. The number of rotatable bonds is 4. The summed E-state index contributed by atoms with van der Waals surface area (Å²) in [5.41, 5.74) is 0.421. The van der Waals surface area contributed by atoms with Crippen molar-refractivity contribution >= 4 is 5.91 Å². The Balaban J connectivity index is 1.56. The summed E-state index contributed by atoms with van der Waals surface area (Å²) in [4.78, 5) is 11.9. The quantitative estimate of drug-likeness (QED) is 0.888. The number of nitrogens with zero attached hydrogens (tertiary/aromatic N) is 3. The van der Waals surface area contributed by atoms with Gasteiger partial charge >= 0.3 is 0 Å². The average molecular weight is 260 g/mol. The van der Waals surface area contributed by atoms with Crippen molar-refractivity contribution in [2.75, 3.05) is 13.2 Å². The van der Waals surface area contributed by atoms with Gasteiger partial charge in [0, 0.05) is 44.5 Å². The minimum atomic E-state index is -0.155. The molecule has 1 amide bonds. The topological polar surface area (TPSA) is 61.1 Å².